The summed E-state index contributed by atoms with van der Waals surface area (Å²) in [5.74, 6) is 0.447. The topological polar surface area (TPSA) is 64.6 Å². The lowest BCUT2D eigenvalue weighted by Gasteiger charge is -2.18. The fourth-order valence-electron chi connectivity index (χ4n) is 2.64. The summed E-state index contributed by atoms with van der Waals surface area (Å²) < 4.78 is 10.8. The number of fused-ring (bicyclic) bond motifs is 1. The second kappa shape index (κ2) is 6.58. The molecule has 5 nitrogen and oxygen atoms in total. The van der Waals surface area contributed by atoms with Crippen molar-refractivity contribution in [3.8, 4) is 11.5 Å². The maximum absolute atomic E-state index is 12.2. The normalized spacial score (nSPS) is 15.0. The van der Waals surface area contributed by atoms with E-state index in [1.165, 1.54) is 0 Å². The van der Waals surface area contributed by atoms with E-state index in [1.54, 1.807) is 43.5 Å². The van der Waals surface area contributed by atoms with Crippen LogP contribution < -0.4 is 14.8 Å². The van der Waals surface area contributed by atoms with Gasteiger partial charge in [0.1, 0.15) is 0 Å². The molecule has 0 spiro atoms. The number of ether oxygens (including phenoxy) is 2. The van der Waals surface area contributed by atoms with Gasteiger partial charge in [-0.05, 0) is 42.3 Å². The fraction of sp³-hybridized carbons (Fsp3) is 0.158. The fourth-order valence-corrected chi connectivity index (χ4v) is 2.64. The third-order valence-electron chi connectivity index (χ3n) is 3.73. The predicted molar refractivity (Wildman–Crippen MR) is 90.9 cm³/mol. The molecule has 3 rings (SSSR count). The van der Waals surface area contributed by atoms with E-state index in [2.05, 4.69) is 5.32 Å². The van der Waals surface area contributed by atoms with Crippen LogP contribution in [0.2, 0.25) is 0 Å². The number of methoxy groups -OCH3 is 1. The number of hydrogen-bond donors (Lipinski definition) is 1. The first-order valence-electron chi connectivity index (χ1n) is 7.61. The van der Waals surface area contributed by atoms with Crippen molar-refractivity contribution < 1.29 is 19.1 Å². The van der Waals surface area contributed by atoms with Crippen molar-refractivity contribution in [3.63, 3.8) is 0 Å². The molecule has 0 atom stereocenters. The Morgan fingerprint density at radius 3 is 2.46 bits per heavy atom. The maximum Gasteiger partial charge on any atom is 0.258 e. The molecule has 2 aromatic carbocycles. The van der Waals surface area contributed by atoms with E-state index < -0.39 is 5.91 Å². The van der Waals surface area contributed by atoms with Gasteiger partial charge >= 0.3 is 0 Å². The van der Waals surface area contributed by atoms with E-state index in [0.717, 1.165) is 5.56 Å². The van der Waals surface area contributed by atoms with Crippen molar-refractivity contribution in [3.05, 3.63) is 59.2 Å². The highest BCUT2D eigenvalue weighted by molar-refractivity contribution is 6.33. The molecule has 0 saturated heterocycles. The first-order chi connectivity index (χ1) is 11.6. The first-order valence-corrected chi connectivity index (χ1v) is 7.61. The first kappa shape index (κ1) is 15.8. The van der Waals surface area contributed by atoms with E-state index >= 15 is 0 Å². The van der Waals surface area contributed by atoms with Gasteiger partial charge in [0.05, 0.1) is 13.7 Å². The summed E-state index contributed by atoms with van der Waals surface area (Å²) in [4.78, 5) is 24.2. The maximum atomic E-state index is 12.2. The number of benzene rings is 2. The molecule has 0 aromatic heterocycles. The molecule has 0 saturated carbocycles. The van der Waals surface area contributed by atoms with Crippen molar-refractivity contribution in [2.45, 2.75) is 6.92 Å². The molecule has 0 aliphatic carbocycles. The van der Waals surface area contributed by atoms with Gasteiger partial charge < -0.3 is 9.47 Å². The lowest BCUT2D eigenvalue weighted by Crippen LogP contribution is -2.36. The second-order valence-corrected chi connectivity index (χ2v) is 5.23. The summed E-state index contributed by atoms with van der Waals surface area (Å²) in [5.41, 5.74) is 2.34. The second-order valence-electron chi connectivity index (χ2n) is 5.23. The van der Waals surface area contributed by atoms with Crippen molar-refractivity contribution in [1.29, 1.82) is 0 Å². The Hall–Kier alpha value is -3.08. The Morgan fingerprint density at radius 1 is 1.00 bits per heavy atom. The number of hydrogen-bond acceptors (Lipinski definition) is 4. The number of rotatable bonds is 4. The van der Waals surface area contributed by atoms with Crippen molar-refractivity contribution in [1.82, 2.24) is 5.32 Å². The molecule has 1 aliphatic heterocycles. The van der Waals surface area contributed by atoms with Crippen molar-refractivity contribution >= 4 is 23.5 Å². The standard InChI is InChI=1S/C19H17NO4/c1-3-24-17-11-12(8-9-16(17)23-2)10-15-13-6-4-5-7-14(13)18(21)20-19(15)22/h4-11H,3H2,1-2H3,(H,20,21,22)/b15-10-. The number of carbonyl (C=O) groups excluding carboxylic acids is 2. The summed E-state index contributed by atoms with van der Waals surface area (Å²) in [6.07, 6.45) is 1.74. The summed E-state index contributed by atoms with van der Waals surface area (Å²) in [7, 11) is 1.58. The van der Waals surface area contributed by atoms with Gasteiger partial charge in [0.2, 0.25) is 0 Å². The van der Waals surface area contributed by atoms with Gasteiger partial charge in [0.25, 0.3) is 11.8 Å². The minimum absolute atomic E-state index is 0.377. The minimum atomic E-state index is -0.410. The van der Waals surface area contributed by atoms with Crippen LogP contribution in [0.15, 0.2) is 42.5 Å². The molecule has 1 N–H and O–H groups in total. The molecule has 0 radical (unpaired) electrons. The molecule has 0 fully saturated rings. The third-order valence-corrected chi connectivity index (χ3v) is 3.73. The molecule has 5 heteroatoms. The van der Waals surface area contributed by atoms with Crippen LogP contribution >= 0.6 is 0 Å². The van der Waals surface area contributed by atoms with Gasteiger partial charge in [-0.1, -0.05) is 24.3 Å². The molecule has 2 aromatic rings. The smallest absolute Gasteiger partial charge is 0.258 e. The van der Waals surface area contributed by atoms with Crippen molar-refractivity contribution in [2.24, 2.45) is 0 Å². The van der Waals surface area contributed by atoms with Gasteiger partial charge in [-0.15, -0.1) is 0 Å². The van der Waals surface area contributed by atoms with Gasteiger partial charge in [-0.2, -0.15) is 0 Å². The van der Waals surface area contributed by atoms with Crippen LogP contribution in [-0.4, -0.2) is 25.5 Å². The van der Waals surface area contributed by atoms with Crippen LogP contribution in [0.3, 0.4) is 0 Å². The summed E-state index contributed by atoms with van der Waals surface area (Å²) in [6.45, 7) is 2.40. The molecule has 0 unspecified atom stereocenters. The van der Waals surface area contributed by atoms with Crippen LogP contribution in [0.1, 0.15) is 28.4 Å². The van der Waals surface area contributed by atoms with Crippen LogP contribution in [0, 0.1) is 0 Å². The highest BCUT2D eigenvalue weighted by Crippen LogP contribution is 2.31. The van der Waals surface area contributed by atoms with Gasteiger partial charge in [-0.3, -0.25) is 14.9 Å². The van der Waals surface area contributed by atoms with Crippen LogP contribution in [-0.2, 0) is 4.79 Å². The molecule has 24 heavy (non-hydrogen) atoms. The Kier molecular flexibility index (Phi) is 4.33. The molecule has 1 aliphatic rings. The average molecular weight is 323 g/mol. The SMILES string of the molecule is CCOc1cc(/C=C2\C(=O)NC(=O)c3ccccc32)ccc1OC. The molecule has 1 heterocycles. The summed E-state index contributed by atoms with van der Waals surface area (Å²) in [6, 6.07) is 12.5. The zero-order chi connectivity index (χ0) is 17.1. The average Bonchev–Trinajstić information content (AvgIpc) is 2.59. The van der Waals surface area contributed by atoms with Gasteiger partial charge in [0.15, 0.2) is 11.5 Å². The third kappa shape index (κ3) is 2.88. The van der Waals surface area contributed by atoms with Crippen molar-refractivity contribution in [2.75, 3.05) is 13.7 Å². The van der Waals surface area contributed by atoms with Crippen LogP contribution in [0.5, 0.6) is 11.5 Å². The van der Waals surface area contributed by atoms with Gasteiger partial charge in [0, 0.05) is 11.1 Å². The molecular formula is C19H17NO4. The lowest BCUT2D eigenvalue weighted by molar-refractivity contribution is -0.114. The van der Waals surface area contributed by atoms with Gasteiger partial charge in [-0.25, -0.2) is 0 Å². The largest absolute Gasteiger partial charge is 0.493 e. The summed E-state index contributed by atoms with van der Waals surface area (Å²) in [5, 5.41) is 2.37. The Labute approximate surface area is 139 Å². The van der Waals surface area contributed by atoms with E-state index in [9.17, 15) is 9.59 Å². The monoisotopic (exact) mass is 323 g/mol. The number of amides is 2. The Balaban J connectivity index is 2.08. The van der Waals surface area contributed by atoms with Crippen LogP contribution in [0.4, 0.5) is 0 Å². The number of nitrogens with one attached hydrogen (secondary N) is 1. The molecule has 0 bridgehead atoms. The van der Waals surface area contributed by atoms with E-state index in [-0.39, 0.29) is 5.91 Å². The van der Waals surface area contributed by atoms with E-state index in [1.807, 2.05) is 19.1 Å². The number of carbonyl (C=O) groups is 2. The predicted octanol–water partition coefficient (Wildman–Crippen LogP) is 2.90. The molecule has 122 valence electrons. The van der Waals surface area contributed by atoms with Crippen LogP contribution in [0.25, 0.3) is 11.6 Å². The Bertz CT molecular complexity index is 839. The lowest BCUT2D eigenvalue weighted by atomic mass is 9.93. The number of imide groups is 1. The highest BCUT2D eigenvalue weighted by atomic mass is 16.5. The van der Waals surface area contributed by atoms with E-state index in [0.29, 0.717) is 34.8 Å². The molecule has 2 amide bonds. The quantitative estimate of drug-likeness (QED) is 0.694. The zero-order valence-corrected chi connectivity index (χ0v) is 13.5. The highest BCUT2D eigenvalue weighted by Gasteiger charge is 2.26. The summed E-state index contributed by atoms with van der Waals surface area (Å²) >= 11 is 0. The molecular weight excluding hydrogens is 306 g/mol. The Morgan fingerprint density at radius 2 is 1.75 bits per heavy atom. The minimum Gasteiger partial charge on any atom is -0.493 e. The zero-order valence-electron chi connectivity index (χ0n) is 13.5. The van der Waals surface area contributed by atoms with E-state index in [4.69, 9.17) is 9.47 Å².